The van der Waals surface area contributed by atoms with Crippen LogP contribution < -0.4 is 33.8 Å². The first-order chi connectivity index (χ1) is 16.3. The van der Waals surface area contributed by atoms with E-state index in [1.54, 1.807) is 5.38 Å². The molecule has 13 nitrogen and oxygen atoms in total. The highest BCUT2D eigenvalue weighted by atomic mass is 32.1. The van der Waals surface area contributed by atoms with Crippen molar-refractivity contribution >= 4 is 34.9 Å². The second kappa shape index (κ2) is 13.7. The second-order valence-corrected chi connectivity index (χ2v) is 8.24. The van der Waals surface area contributed by atoms with Crippen molar-refractivity contribution in [2.24, 2.45) is 32.9 Å². The van der Waals surface area contributed by atoms with Crippen LogP contribution in [0.1, 0.15) is 41.2 Å². The maximum atomic E-state index is 12.8. The van der Waals surface area contributed by atoms with Gasteiger partial charge in [0.1, 0.15) is 12.2 Å². The third-order valence-electron chi connectivity index (χ3n) is 4.65. The molecule has 0 aliphatic heterocycles. The van der Waals surface area contributed by atoms with Gasteiger partial charge in [0.15, 0.2) is 16.9 Å². The lowest BCUT2D eigenvalue weighted by Gasteiger charge is -2.17. The first-order valence-corrected chi connectivity index (χ1v) is 11.5. The molecule has 0 radical (unpaired) electrons. The number of ketones is 1. The number of nitrogens with zero attached hydrogens (tertiary/aromatic N) is 5. The largest absolute Gasteiger partial charge is 0.370 e. The average Bonchev–Trinajstić information content (AvgIpc) is 3.32. The lowest BCUT2D eigenvalue weighted by atomic mass is 10.1. The molecule has 0 saturated carbocycles. The van der Waals surface area contributed by atoms with Crippen LogP contribution >= 0.6 is 11.3 Å². The molecule has 0 unspecified atom stereocenters. The molecule has 0 fully saturated rings. The molecule has 14 heteroatoms. The van der Waals surface area contributed by atoms with E-state index in [1.165, 1.54) is 34.5 Å². The Balaban J connectivity index is 2.00. The summed E-state index contributed by atoms with van der Waals surface area (Å²) < 4.78 is 1.26. The Bertz CT molecular complexity index is 1060. The first kappa shape index (κ1) is 26.4. The molecule has 0 bridgehead atoms. The highest BCUT2D eigenvalue weighted by Gasteiger charge is 2.24. The minimum Gasteiger partial charge on any atom is -0.370 e. The number of carbonyl (C=O) groups is 2. The summed E-state index contributed by atoms with van der Waals surface area (Å²) in [6.45, 7) is 0.525. The van der Waals surface area contributed by atoms with E-state index in [0.29, 0.717) is 50.9 Å². The average molecular weight is 491 g/mol. The van der Waals surface area contributed by atoms with Crippen LogP contribution in [0.3, 0.4) is 0 Å². The van der Waals surface area contributed by atoms with E-state index in [2.05, 4.69) is 25.3 Å². The number of carbonyl (C=O) groups excluding carboxylic acids is 2. The van der Waals surface area contributed by atoms with Crippen molar-refractivity contribution in [1.29, 1.82) is 0 Å². The number of aliphatic imine (C=N–C) groups is 2. The smallest absolute Gasteiger partial charge is 0.272 e. The molecule has 2 heterocycles. The Morgan fingerprint density at radius 1 is 1.03 bits per heavy atom. The van der Waals surface area contributed by atoms with Crippen molar-refractivity contribution in [2.45, 2.75) is 44.7 Å². The fourth-order valence-electron chi connectivity index (χ4n) is 3.06. The number of aromatic nitrogens is 3. The molecule has 1 amide bonds. The third-order valence-corrected chi connectivity index (χ3v) is 5.44. The van der Waals surface area contributed by atoms with Gasteiger partial charge in [0.2, 0.25) is 11.7 Å². The number of nitrogens with two attached hydrogens (primary N) is 4. The second-order valence-electron chi connectivity index (χ2n) is 7.34. The molecule has 2 rings (SSSR count). The summed E-state index contributed by atoms with van der Waals surface area (Å²) in [5.41, 5.74) is 21.2. The predicted octanol–water partition coefficient (Wildman–Crippen LogP) is -1.28. The highest BCUT2D eigenvalue weighted by Crippen LogP contribution is 2.11. The van der Waals surface area contributed by atoms with E-state index in [-0.39, 0.29) is 34.8 Å². The van der Waals surface area contributed by atoms with Crippen molar-refractivity contribution in [2.75, 3.05) is 13.1 Å². The monoisotopic (exact) mass is 490 g/mol. The van der Waals surface area contributed by atoms with Gasteiger partial charge in [-0.25, -0.2) is 4.98 Å². The number of amides is 1. The van der Waals surface area contributed by atoms with Crippen LogP contribution in [0, 0.1) is 0 Å². The predicted molar refractivity (Wildman–Crippen MR) is 130 cm³/mol. The number of nitrogens with one attached hydrogen (secondary N) is 1. The van der Waals surface area contributed by atoms with Crippen molar-refractivity contribution in [3.8, 4) is 0 Å². The summed E-state index contributed by atoms with van der Waals surface area (Å²) in [5.74, 6) is -0.814. The standard InChI is InChI=1S/C20H30N10O3S/c21-19(22)27-6-2-1-4-14-18(33)30(10-8-25-14)12-15(31)29-13(5-3-7-28-20(23)24)16(32)17-26-9-11-34-17/h8-11,13H,1-7,12H2,(H,29,31)(H4,21,22,27)(H4,23,24,28)/t13-/m0/s1. The molecule has 184 valence electrons. The number of guanidine groups is 2. The number of hydrogen-bond donors (Lipinski definition) is 5. The molecule has 34 heavy (non-hydrogen) atoms. The molecular formula is C20H30N10O3S. The summed E-state index contributed by atoms with van der Waals surface area (Å²) in [4.78, 5) is 54.1. The van der Waals surface area contributed by atoms with Crippen molar-refractivity contribution < 1.29 is 9.59 Å². The van der Waals surface area contributed by atoms with Crippen LogP contribution in [0.25, 0.3) is 0 Å². The van der Waals surface area contributed by atoms with Crippen molar-refractivity contribution in [3.63, 3.8) is 0 Å². The van der Waals surface area contributed by atoms with Crippen molar-refractivity contribution in [3.05, 3.63) is 45.0 Å². The van der Waals surface area contributed by atoms with E-state index >= 15 is 0 Å². The van der Waals surface area contributed by atoms with Gasteiger partial charge in [-0.15, -0.1) is 11.3 Å². The van der Waals surface area contributed by atoms with Crippen LogP contribution in [0.5, 0.6) is 0 Å². The lowest BCUT2D eigenvalue weighted by molar-refractivity contribution is -0.122. The zero-order valence-electron chi connectivity index (χ0n) is 18.7. The van der Waals surface area contributed by atoms with Crippen LogP contribution in [0.4, 0.5) is 0 Å². The van der Waals surface area contributed by atoms with E-state index in [4.69, 9.17) is 22.9 Å². The molecule has 0 aliphatic carbocycles. The SMILES string of the molecule is NC(N)=NCCCCc1nccn(CC(=O)N[C@@H](CCCN=C(N)N)C(=O)c2nccs2)c1=O. The normalized spacial score (nSPS) is 11.4. The third kappa shape index (κ3) is 8.97. The number of unbranched alkanes of at least 4 members (excludes halogenated alkanes) is 1. The van der Waals surface area contributed by atoms with Gasteiger partial charge in [0, 0.05) is 37.1 Å². The van der Waals surface area contributed by atoms with Gasteiger partial charge in [-0.05, 0) is 32.1 Å². The van der Waals surface area contributed by atoms with Crippen LogP contribution in [0.15, 0.2) is 38.7 Å². The number of thiazole rings is 1. The zero-order chi connectivity index (χ0) is 24.9. The maximum absolute atomic E-state index is 12.8. The molecule has 0 saturated heterocycles. The summed E-state index contributed by atoms with van der Waals surface area (Å²) in [6, 6.07) is -0.819. The summed E-state index contributed by atoms with van der Waals surface area (Å²) in [6.07, 6.45) is 6.98. The van der Waals surface area contributed by atoms with Crippen LogP contribution in [-0.2, 0) is 17.8 Å². The van der Waals surface area contributed by atoms with Gasteiger partial charge < -0.3 is 32.8 Å². The Morgan fingerprint density at radius 2 is 1.74 bits per heavy atom. The van der Waals surface area contributed by atoms with E-state index in [0.717, 1.165) is 0 Å². The number of aryl methyl sites for hydroxylation is 1. The van der Waals surface area contributed by atoms with E-state index < -0.39 is 11.9 Å². The summed E-state index contributed by atoms with van der Waals surface area (Å²) in [5, 5.41) is 4.68. The van der Waals surface area contributed by atoms with Crippen molar-refractivity contribution in [1.82, 2.24) is 19.9 Å². The molecule has 0 spiro atoms. The van der Waals surface area contributed by atoms with Gasteiger partial charge in [0.05, 0.1) is 6.04 Å². The number of rotatable bonds is 14. The molecule has 1 atom stereocenters. The van der Waals surface area contributed by atoms with E-state index in [9.17, 15) is 14.4 Å². The maximum Gasteiger partial charge on any atom is 0.272 e. The number of Topliss-reactive ketones (excluding diaryl/α,β-unsaturated/α-hetero) is 1. The van der Waals surface area contributed by atoms with Gasteiger partial charge in [-0.3, -0.25) is 29.4 Å². The topological polar surface area (TPSA) is 223 Å². The minimum absolute atomic E-state index is 0.0223. The molecule has 0 aromatic carbocycles. The Morgan fingerprint density at radius 3 is 2.38 bits per heavy atom. The van der Waals surface area contributed by atoms with Gasteiger partial charge in [0.25, 0.3) is 5.56 Å². The Labute approximate surface area is 200 Å². The molecule has 2 aromatic heterocycles. The van der Waals surface area contributed by atoms with Crippen LogP contribution in [-0.4, -0.2) is 57.3 Å². The molecule has 0 aliphatic rings. The quantitative estimate of drug-likeness (QED) is 0.0918. The summed E-state index contributed by atoms with van der Waals surface area (Å²) in [7, 11) is 0. The molecule has 9 N–H and O–H groups in total. The zero-order valence-corrected chi connectivity index (χ0v) is 19.5. The fourth-order valence-corrected chi connectivity index (χ4v) is 3.69. The number of hydrogen-bond acceptors (Lipinski definition) is 8. The van der Waals surface area contributed by atoms with Gasteiger partial charge in [-0.1, -0.05) is 0 Å². The molecule has 2 aromatic rings. The van der Waals surface area contributed by atoms with Gasteiger partial charge in [-0.2, -0.15) is 0 Å². The summed E-state index contributed by atoms with van der Waals surface area (Å²) >= 11 is 1.19. The van der Waals surface area contributed by atoms with E-state index in [1.807, 2.05) is 0 Å². The highest BCUT2D eigenvalue weighted by molar-refractivity contribution is 7.11. The lowest BCUT2D eigenvalue weighted by Crippen LogP contribution is -2.43. The first-order valence-electron chi connectivity index (χ1n) is 10.7. The van der Waals surface area contributed by atoms with Crippen LogP contribution in [0.2, 0.25) is 0 Å². The Kier molecular flexibility index (Phi) is 10.6. The minimum atomic E-state index is -0.819. The molecular weight excluding hydrogens is 460 g/mol. The van der Waals surface area contributed by atoms with Gasteiger partial charge >= 0.3 is 0 Å². The fraction of sp³-hybridized carbons (Fsp3) is 0.450. The Hall–Kier alpha value is -3.81.